The number of benzene rings is 3. The molecule has 0 radical (unpaired) electrons. The number of nitro groups is 1. The number of nitriles is 1. The van der Waals surface area contributed by atoms with Gasteiger partial charge in [0.1, 0.15) is 11.6 Å². The molecule has 10 nitrogen and oxygen atoms in total. The van der Waals surface area contributed by atoms with Crippen LogP contribution < -0.4 is 5.32 Å². The average molecular weight is 504 g/mol. The number of hydrogen-bond donors (Lipinski definition) is 1. The Morgan fingerprint density at radius 3 is 2.66 bits per heavy atom. The van der Waals surface area contributed by atoms with Gasteiger partial charge in [0.25, 0.3) is 11.6 Å². The summed E-state index contributed by atoms with van der Waals surface area (Å²) in [6.07, 6.45) is 1.27. The molecule has 0 bridgehead atoms. The highest BCUT2D eigenvalue weighted by atomic mass is 35.5. The minimum Gasteiger partial charge on any atom is -0.321 e. The highest BCUT2D eigenvalue weighted by Gasteiger charge is 2.20. The number of nitro benzene ring substituents is 1. The number of amides is 1. The number of tetrazole rings is 1. The van der Waals surface area contributed by atoms with Crippen molar-refractivity contribution in [3.63, 3.8) is 0 Å². The van der Waals surface area contributed by atoms with Gasteiger partial charge in [-0.1, -0.05) is 41.9 Å². The van der Waals surface area contributed by atoms with Gasteiger partial charge in [-0.25, -0.2) is 0 Å². The Bertz CT molecular complexity index is 1480. The second-order valence-electron chi connectivity index (χ2n) is 6.93. The van der Waals surface area contributed by atoms with Crippen molar-refractivity contribution in [1.29, 1.82) is 5.26 Å². The van der Waals surface area contributed by atoms with Gasteiger partial charge >= 0.3 is 0 Å². The number of anilines is 1. The molecule has 0 saturated heterocycles. The topological polar surface area (TPSA) is 140 Å². The van der Waals surface area contributed by atoms with Gasteiger partial charge in [-0.15, -0.1) is 5.10 Å². The second kappa shape index (κ2) is 10.6. The van der Waals surface area contributed by atoms with Crippen LogP contribution in [0.2, 0.25) is 5.02 Å². The van der Waals surface area contributed by atoms with E-state index in [0.29, 0.717) is 32.0 Å². The summed E-state index contributed by atoms with van der Waals surface area (Å²) in [5.74, 6) is -0.669. The van der Waals surface area contributed by atoms with Crippen molar-refractivity contribution in [2.24, 2.45) is 0 Å². The van der Waals surface area contributed by atoms with E-state index in [2.05, 4.69) is 20.8 Å². The van der Waals surface area contributed by atoms with E-state index in [1.54, 1.807) is 36.4 Å². The summed E-state index contributed by atoms with van der Waals surface area (Å²) >= 11 is 6.94. The van der Waals surface area contributed by atoms with Gasteiger partial charge in [0.2, 0.25) is 5.16 Å². The number of aromatic nitrogens is 4. The number of carbonyl (C=O) groups is 1. The van der Waals surface area contributed by atoms with Crippen molar-refractivity contribution in [3.8, 4) is 11.8 Å². The van der Waals surface area contributed by atoms with Gasteiger partial charge in [-0.2, -0.15) is 9.94 Å². The molecule has 0 unspecified atom stereocenters. The van der Waals surface area contributed by atoms with E-state index < -0.39 is 10.8 Å². The number of halogens is 1. The lowest BCUT2D eigenvalue weighted by Gasteiger charge is -2.06. The summed E-state index contributed by atoms with van der Waals surface area (Å²) in [5.41, 5.74) is 0.970. The summed E-state index contributed by atoms with van der Waals surface area (Å²) in [4.78, 5) is 24.0. The smallest absolute Gasteiger partial charge is 0.283 e. The fourth-order valence-corrected chi connectivity index (χ4v) is 4.07. The maximum absolute atomic E-state index is 12.5. The van der Waals surface area contributed by atoms with Crippen LogP contribution in [0.5, 0.6) is 0 Å². The van der Waals surface area contributed by atoms with Gasteiger partial charge in [-0.3, -0.25) is 14.9 Å². The third-order valence-electron chi connectivity index (χ3n) is 4.58. The molecule has 3 aromatic carbocycles. The van der Waals surface area contributed by atoms with Crippen molar-refractivity contribution in [1.82, 2.24) is 20.2 Å². The summed E-state index contributed by atoms with van der Waals surface area (Å²) < 4.78 is 1.47. The van der Waals surface area contributed by atoms with E-state index >= 15 is 0 Å². The fraction of sp³-hybridized carbons (Fsp3) is 0. The Labute approximate surface area is 208 Å². The Hall–Kier alpha value is -4.53. The molecule has 4 rings (SSSR count). The fourth-order valence-electron chi connectivity index (χ4n) is 3.01. The van der Waals surface area contributed by atoms with Crippen molar-refractivity contribution in [2.45, 2.75) is 10.1 Å². The van der Waals surface area contributed by atoms with Gasteiger partial charge in [0.05, 0.1) is 15.5 Å². The minimum absolute atomic E-state index is 0.223. The van der Waals surface area contributed by atoms with Crippen LogP contribution in [0, 0.1) is 21.4 Å². The molecule has 0 fully saturated rings. The first-order valence-corrected chi connectivity index (χ1v) is 11.1. The summed E-state index contributed by atoms with van der Waals surface area (Å²) in [6.45, 7) is 0. The molecule has 0 atom stereocenters. The molecule has 1 heterocycles. The van der Waals surface area contributed by atoms with E-state index in [0.717, 1.165) is 11.8 Å². The Morgan fingerprint density at radius 2 is 1.94 bits per heavy atom. The van der Waals surface area contributed by atoms with Crippen LogP contribution in [0.25, 0.3) is 11.8 Å². The van der Waals surface area contributed by atoms with Gasteiger partial charge < -0.3 is 5.32 Å². The monoisotopic (exact) mass is 503 g/mol. The number of rotatable bonds is 7. The summed E-state index contributed by atoms with van der Waals surface area (Å²) in [5, 5.41) is 36.2. The number of nitrogens with one attached hydrogen (secondary N) is 1. The van der Waals surface area contributed by atoms with Crippen LogP contribution in [0.4, 0.5) is 11.4 Å². The number of hydrogen-bond acceptors (Lipinski definition) is 8. The maximum atomic E-state index is 12.5. The van der Waals surface area contributed by atoms with Gasteiger partial charge in [0.15, 0.2) is 0 Å². The molecular formula is C23H14ClN7O3S. The molecule has 0 saturated carbocycles. The maximum Gasteiger partial charge on any atom is 0.283 e. The van der Waals surface area contributed by atoms with Crippen molar-refractivity contribution in [3.05, 3.63) is 99.1 Å². The molecule has 1 N–H and O–H groups in total. The molecular weight excluding hydrogens is 490 g/mol. The SMILES string of the molecule is N#C/C(=C\c1ccc(Sc2nnnn2-c2ccccc2)c([N+](=O)[O-])c1)C(=O)Nc1cccc(Cl)c1. The van der Waals surface area contributed by atoms with E-state index in [-0.39, 0.29) is 11.3 Å². The van der Waals surface area contributed by atoms with Crippen LogP contribution in [-0.2, 0) is 4.79 Å². The first-order chi connectivity index (χ1) is 16.9. The molecule has 0 aliphatic rings. The van der Waals surface area contributed by atoms with Crippen LogP contribution >= 0.6 is 23.4 Å². The molecule has 4 aromatic rings. The van der Waals surface area contributed by atoms with Gasteiger partial charge in [-0.05, 0) is 70.2 Å². The first kappa shape index (κ1) is 23.6. The largest absolute Gasteiger partial charge is 0.321 e. The van der Waals surface area contributed by atoms with Crippen LogP contribution in [-0.4, -0.2) is 31.0 Å². The molecule has 35 heavy (non-hydrogen) atoms. The second-order valence-corrected chi connectivity index (χ2v) is 8.37. The molecule has 1 aromatic heterocycles. The number of carbonyl (C=O) groups excluding carboxylic acids is 1. The average Bonchev–Trinajstić information content (AvgIpc) is 3.31. The standard InChI is InChI=1S/C23H14ClN7O3S/c24-17-5-4-6-18(13-17)26-22(32)16(14-25)11-15-9-10-21(20(12-15)31(33)34)35-23-27-28-29-30(23)19-7-2-1-3-8-19/h1-13H,(H,26,32)/b16-11+. The van der Waals surface area contributed by atoms with Crippen molar-refractivity contribution >= 4 is 46.7 Å². The minimum atomic E-state index is -0.669. The highest BCUT2D eigenvalue weighted by molar-refractivity contribution is 7.99. The number of para-hydroxylation sites is 1. The highest BCUT2D eigenvalue weighted by Crippen LogP contribution is 2.35. The molecule has 0 spiro atoms. The molecule has 1 amide bonds. The lowest BCUT2D eigenvalue weighted by atomic mass is 10.1. The zero-order valence-electron chi connectivity index (χ0n) is 17.7. The van der Waals surface area contributed by atoms with E-state index in [1.807, 2.05) is 24.3 Å². The van der Waals surface area contributed by atoms with Crippen LogP contribution in [0.3, 0.4) is 0 Å². The third kappa shape index (κ3) is 5.70. The summed E-state index contributed by atoms with van der Waals surface area (Å²) in [7, 11) is 0. The number of nitrogens with zero attached hydrogens (tertiary/aromatic N) is 6. The van der Waals surface area contributed by atoms with E-state index in [9.17, 15) is 20.2 Å². The van der Waals surface area contributed by atoms with Crippen molar-refractivity contribution < 1.29 is 9.72 Å². The third-order valence-corrected chi connectivity index (χ3v) is 5.82. The van der Waals surface area contributed by atoms with E-state index in [1.165, 1.54) is 29.0 Å². The molecule has 0 aliphatic heterocycles. The first-order valence-electron chi connectivity index (χ1n) is 9.93. The van der Waals surface area contributed by atoms with E-state index in [4.69, 9.17) is 11.6 Å². The molecule has 12 heteroatoms. The Balaban J connectivity index is 1.61. The quantitative estimate of drug-likeness (QED) is 0.162. The predicted octanol–water partition coefficient (Wildman–Crippen LogP) is 4.92. The van der Waals surface area contributed by atoms with Crippen molar-refractivity contribution in [2.75, 3.05) is 5.32 Å². The van der Waals surface area contributed by atoms with Gasteiger partial charge in [0, 0.05) is 16.8 Å². The molecule has 0 aliphatic carbocycles. The zero-order valence-corrected chi connectivity index (χ0v) is 19.3. The summed E-state index contributed by atoms with van der Waals surface area (Å²) in [6, 6.07) is 21.8. The predicted molar refractivity (Wildman–Crippen MR) is 130 cm³/mol. The normalized spacial score (nSPS) is 11.0. The lowest BCUT2D eigenvalue weighted by molar-refractivity contribution is -0.387. The van der Waals surface area contributed by atoms with Crippen LogP contribution in [0.15, 0.2) is 88.4 Å². The Kier molecular flexibility index (Phi) is 7.15. The zero-order chi connectivity index (χ0) is 24.8. The molecule has 172 valence electrons. The lowest BCUT2D eigenvalue weighted by Crippen LogP contribution is -2.13. The Morgan fingerprint density at radius 1 is 1.14 bits per heavy atom. The van der Waals surface area contributed by atoms with Crippen LogP contribution in [0.1, 0.15) is 5.56 Å².